The summed E-state index contributed by atoms with van der Waals surface area (Å²) < 4.78 is 6.05. The maximum atomic E-state index is 13.0. The summed E-state index contributed by atoms with van der Waals surface area (Å²) >= 11 is 0. The maximum Gasteiger partial charge on any atom is 0.306 e. The average Bonchev–Trinajstić information content (AvgIpc) is 3.37. The van der Waals surface area contributed by atoms with Crippen LogP contribution in [0.5, 0.6) is 0 Å². The van der Waals surface area contributed by atoms with Crippen molar-refractivity contribution < 1.29 is 14.3 Å². The number of fused-ring (bicyclic) bond motifs is 5. The smallest absolute Gasteiger partial charge is 0.306 e. The summed E-state index contributed by atoms with van der Waals surface area (Å²) in [7, 11) is 0. The third-order valence-electron chi connectivity index (χ3n) is 14.2. The molecule has 11 atom stereocenters. The van der Waals surface area contributed by atoms with Gasteiger partial charge in [-0.1, -0.05) is 66.0 Å². The minimum atomic E-state index is -0.237. The van der Waals surface area contributed by atoms with Crippen molar-refractivity contribution >= 4 is 11.9 Å². The molecule has 4 rings (SSSR count). The number of esters is 1. The van der Waals surface area contributed by atoms with Crippen molar-refractivity contribution in [3.05, 3.63) is 11.6 Å². The van der Waals surface area contributed by atoms with E-state index in [1.807, 2.05) is 18.7 Å². The van der Waals surface area contributed by atoms with Gasteiger partial charge in [-0.3, -0.25) is 9.59 Å². The summed E-state index contributed by atoms with van der Waals surface area (Å²) in [5, 5.41) is 0. The molecule has 0 aromatic heterocycles. The van der Waals surface area contributed by atoms with Crippen LogP contribution in [-0.4, -0.2) is 48.1 Å². The number of nitrogens with zero attached hydrogens (tertiary/aromatic N) is 1. The predicted octanol–water partition coefficient (Wildman–Crippen LogP) is 8.66. The molecule has 4 N–H and O–H groups in total. The standard InChI is InChI=1S/C41H73N3O3/c1-9-31(27(2)3)11-10-28(4)35-14-15-36-34-13-12-32-26-33(18-22-40(32,7)37(34)19-23-41(35,36)8)47-39(46)17-16-38(45)44(24-20-29(5)42)25-21-30(6)43/h12,27-31,33-37H,9-11,13-26,42-43H2,1-8H3/t28-,29?,30?,31-,33+,34+,35-,36+,37?,40+,41-/m1/s1. The molecule has 0 aromatic carbocycles. The molecule has 3 unspecified atom stereocenters. The zero-order chi connectivity index (χ0) is 34.5. The SMILES string of the molecule is CC[C@H](CC[C@@H](C)[C@H]1CC[C@H]2[C@@H]3CC=C4C[C@@H](OC(=O)CCC(=O)N(CCC(C)N)CCC(C)N)CC[C@]4(C)C3CC[C@]12C)C(C)C. The highest BCUT2D eigenvalue weighted by Crippen LogP contribution is 2.67. The molecule has 6 heteroatoms. The van der Waals surface area contributed by atoms with Crippen LogP contribution in [-0.2, 0) is 14.3 Å². The second kappa shape index (κ2) is 16.5. The lowest BCUT2D eigenvalue weighted by Crippen LogP contribution is -2.51. The van der Waals surface area contributed by atoms with Crippen molar-refractivity contribution in [3.8, 4) is 0 Å². The molecule has 3 fully saturated rings. The van der Waals surface area contributed by atoms with Gasteiger partial charge in [0.25, 0.3) is 0 Å². The first-order valence-corrected chi connectivity index (χ1v) is 19.9. The molecule has 3 saturated carbocycles. The molecule has 4 aliphatic rings. The van der Waals surface area contributed by atoms with Crippen LogP contribution in [0, 0.1) is 52.3 Å². The van der Waals surface area contributed by atoms with E-state index in [9.17, 15) is 9.59 Å². The van der Waals surface area contributed by atoms with Gasteiger partial charge in [0.1, 0.15) is 6.10 Å². The van der Waals surface area contributed by atoms with Crippen LogP contribution in [0.25, 0.3) is 0 Å². The van der Waals surface area contributed by atoms with Gasteiger partial charge in [-0.15, -0.1) is 0 Å². The summed E-state index contributed by atoms with van der Waals surface area (Å²) in [6.45, 7) is 20.1. The monoisotopic (exact) mass is 656 g/mol. The Bertz CT molecular complexity index is 1060. The van der Waals surface area contributed by atoms with Gasteiger partial charge in [0.2, 0.25) is 5.91 Å². The number of rotatable bonds is 16. The molecule has 0 aliphatic heterocycles. The Hall–Kier alpha value is -1.40. The molecule has 270 valence electrons. The third-order valence-corrected chi connectivity index (χ3v) is 14.2. The number of ether oxygens (including phenoxy) is 1. The fourth-order valence-electron chi connectivity index (χ4n) is 11.1. The van der Waals surface area contributed by atoms with Crippen LogP contribution in [0.4, 0.5) is 0 Å². The molecule has 4 aliphatic carbocycles. The minimum Gasteiger partial charge on any atom is -0.462 e. The average molecular weight is 656 g/mol. The van der Waals surface area contributed by atoms with E-state index in [1.165, 1.54) is 51.4 Å². The lowest BCUT2D eigenvalue weighted by molar-refractivity contribution is -0.153. The normalized spacial score (nSPS) is 34.4. The summed E-state index contributed by atoms with van der Waals surface area (Å²) in [5.41, 5.74) is 14.2. The Balaban J connectivity index is 1.31. The van der Waals surface area contributed by atoms with Crippen LogP contribution in [0.3, 0.4) is 0 Å². The lowest BCUT2D eigenvalue weighted by atomic mass is 9.47. The van der Waals surface area contributed by atoms with E-state index in [2.05, 4.69) is 47.6 Å². The van der Waals surface area contributed by atoms with Gasteiger partial charge in [0.05, 0.1) is 6.42 Å². The molecule has 47 heavy (non-hydrogen) atoms. The molecular formula is C41H73N3O3. The first kappa shape index (κ1) is 38.4. The van der Waals surface area contributed by atoms with E-state index < -0.39 is 0 Å². The van der Waals surface area contributed by atoms with Gasteiger partial charge in [-0.25, -0.2) is 0 Å². The quantitative estimate of drug-likeness (QED) is 0.128. The second-order valence-corrected chi connectivity index (χ2v) is 17.7. The highest BCUT2D eigenvalue weighted by Gasteiger charge is 2.59. The van der Waals surface area contributed by atoms with Crippen molar-refractivity contribution in [2.75, 3.05) is 13.1 Å². The Labute approximate surface area is 289 Å². The number of allylic oxidation sites excluding steroid dienone is 1. The fraction of sp³-hybridized carbons (Fsp3) is 0.902. The van der Waals surface area contributed by atoms with Gasteiger partial charge in [-0.05, 0) is 130 Å². The van der Waals surface area contributed by atoms with E-state index in [4.69, 9.17) is 16.2 Å². The Morgan fingerprint density at radius 1 is 0.894 bits per heavy atom. The van der Waals surface area contributed by atoms with Crippen LogP contribution >= 0.6 is 0 Å². The number of carbonyl (C=O) groups is 2. The topological polar surface area (TPSA) is 98.7 Å². The zero-order valence-electron chi connectivity index (χ0n) is 31.7. The lowest BCUT2D eigenvalue weighted by Gasteiger charge is -2.58. The van der Waals surface area contributed by atoms with Crippen molar-refractivity contribution in [1.29, 1.82) is 0 Å². The zero-order valence-corrected chi connectivity index (χ0v) is 31.7. The Morgan fingerprint density at radius 3 is 2.19 bits per heavy atom. The molecule has 0 aromatic rings. The van der Waals surface area contributed by atoms with E-state index in [0.717, 1.165) is 73.5 Å². The van der Waals surface area contributed by atoms with Crippen molar-refractivity contribution in [2.24, 2.45) is 63.7 Å². The molecule has 0 heterocycles. The van der Waals surface area contributed by atoms with Gasteiger partial charge in [-0.2, -0.15) is 0 Å². The molecular weight excluding hydrogens is 582 g/mol. The highest BCUT2D eigenvalue weighted by molar-refractivity contribution is 5.81. The third kappa shape index (κ3) is 9.04. The molecule has 0 radical (unpaired) electrons. The predicted molar refractivity (Wildman–Crippen MR) is 194 cm³/mol. The molecule has 6 nitrogen and oxygen atoms in total. The number of hydrogen-bond acceptors (Lipinski definition) is 5. The number of amides is 1. The van der Waals surface area contributed by atoms with Gasteiger partial charge >= 0.3 is 5.97 Å². The summed E-state index contributed by atoms with van der Waals surface area (Å²) in [6, 6.07) is 0.0593. The highest BCUT2D eigenvalue weighted by atomic mass is 16.5. The van der Waals surface area contributed by atoms with E-state index >= 15 is 0 Å². The minimum absolute atomic E-state index is 0.00550. The van der Waals surface area contributed by atoms with Crippen LogP contribution in [0.1, 0.15) is 152 Å². The summed E-state index contributed by atoms with van der Waals surface area (Å²) in [5.74, 6) is 5.53. The molecule has 0 spiro atoms. The largest absolute Gasteiger partial charge is 0.462 e. The number of nitrogens with two attached hydrogens (primary N) is 2. The van der Waals surface area contributed by atoms with E-state index in [1.54, 1.807) is 5.57 Å². The molecule has 1 amide bonds. The number of hydrogen-bond donors (Lipinski definition) is 2. The van der Waals surface area contributed by atoms with Crippen LogP contribution < -0.4 is 11.5 Å². The molecule has 0 saturated heterocycles. The van der Waals surface area contributed by atoms with E-state index in [0.29, 0.717) is 18.5 Å². The van der Waals surface area contributed by atoms with Crippen molar-refractivity contribution in [2.45, 2.75) is 170 Å². The van der Waals surface area contributed by atoms with Crippen LogP contribution in [0.2, 0.25) is 0 Å². The maximum absolute atomic E-state index is 13.0. The fourth-order valence-corrected chi connectivity index (χ4v) is 11.1. The second-order valence-electron chi connectivity index (χ2n) is 17.7. The van der Waals surface area contributed by atoms with E-state index in [-0.39, 0.29) is 48.3 Å². The van der Waals surface area contributed by atoms with Crippen LogP contribution in [0.15, 0.2) is 11.6 Å². The van der Waals surface area contributed by atoms with Gasteiger partial charge in [0.15, 0.2) is 0 Å². The Morgan fingerprint density at radius 2 is 1.57 bits per heavy atom. The summed E-state index contributed by atoms with van der Waals surface area (Å²) in [6.07, 6.45) is 18.1. The molecule has 0 bridgehead atoms. The van der Waals surface area contributed by atoms with Crippen molar-refractivity contribution in [3.63, 3.8) is 0 Å². The first-order valence-electron chi connectivity index (χ1n) is 19.9. The Kier molecular flexibility index (Phi) is 13.5. The van der Waals surface area contributed by atoms with Crippen molar-refractivity contribution in [1.82, 2.24) is 4.90 Å². The number of carbonyl (C=O) groups excluding carboxylic acids is 2. The van der Waals surface area contributed by atoms with Gasteiger partial charge in [0, 0.05) is 38.0 Å². The van der Waals surface area contributed by atoms with Gasteiger partial charge < -0.3 is 21.1 Å². The summed E-state index contributed by atoms with van der Waals surface area (Å²) in [4.78, 5) is 27.8. The first-order chi connectivity index (χ1) is 22.2.